The number of hydrogen-bond donors (Lipinski definition) is 2. The number of nitrogens with zero attached hydrogens (tertiary/aromatic N) is 1. The van der Waals surface area contributed by atoms with Crippen LogP contribution in [0.1, 0.15) is 36.0 Å². The van der Waals surface area contributed by atoms with Crippen molar-refractivity contribution in [3.8, 4) is 11.5 Å². The molecule has 0 aliphatic heterocycles. The predicted molar refractivity (Wildman–Crippen MR) is 110 cm³/mol. The monoisotopic (exact) mass is 367 g/mol. The topological polar surface area (TPSA) is 54.9 Å². The lowest BCUT2D eigenvalue weighted by molar-refractivity contribution is 0.354. The van der Waals surface area contributed by atoms with E-state index in [4.69, 9.17) is 14.5 Å². The fourth-order valence-corrected chi connectivity index (χ4v) is 3.35. The van der Waals surface area contributed by atoms with E-state index >= 15 is 0 Å². The van der Waals surface area contributed by atoms with Crippen LogP contribution in [-0.2, 0) is 6.54 Å². The van der Waals surface area contributed by atoms with Crippen LogP contribution in [-0.4, -0.2) is 32.8 Å². The molecule has 27 heavy (non-hydrogen) atoms. The summed E-state index contributed by atoms with van der Waals surface area (Å²) in [5.41, 5.74) is 3.88. The van der Waals surface area contributed by atoms with Gasteiger partial charge in [0, 0.05) is 18.5 Å². The standard InChI is InChI=1S/C22H29N3O2/c1-5-23-22(24-14-16-10-11-20(26-3)21(12-16)27-4)25-19-13-18(19)17-9-7-6-8-15(17)2/h6-12,18-19H,5,13-14H2,1-4H3,(H2,23,24,25). The van der Waals surface area contributed by atoms with Crippen molar-refractivity contribution in [1.29, 1.82) is 0 Å². The normalized spacial score (nSPS) is 18.7. The average molecular weight is 367 g/mol. The molecule has 2 aromatic carbocycles. The number of rotatable bonds is 7. The zero-order chi connectivity index (χ0) is 19.2. The molecule has 144 valence electrons. The largest absolute Gasteiger partial charge is 0.493 e. The molecule has 5 heteroatoms. The number of ether oxygens (including phenoxy) is 2. The highest BCUT2D eigenvalue weighted by Gasteiger charge is 2.39. The molecule has 5 nitrogen and oxygen atoms in total. The number of methoxy groups -OCH3 is 2. The van der Waals surface area contributed by atoms with Gasteiger partial charge in [-0.25, -0.2) is 4.99 Å². The van der Waals surface area contributed by atoms with Crippen LogP contribution in [0.2, 0.25) is 0 Å². The molecule has 0 bridgehead atoms. The summed E-state index contributed by atoms with van der Waals surface area (Å²) in [5, 5.41) is 6.92. The van der Waals surface area contributed by atoms with E-state index in [2.05, 4.69) is 48.7 Å². The number of nitrogens with one attached hydrogen (secondary N) is 2. The Balaban J connectivity index is 1.65. The van der Waals surface area contributed by atoms with Gasteiger partial charge >= 0.3 is 0 Å². The minimum atomic E-state index is 0.439. The van der Waals surface area contributed by atoms with Gasteiger partial charge in [-0.1, -0.05) is 30.3 Å². The third-order valence-electron chi connectivity index (χ3n) is 4.91. The molecule has 1 aliphatic rings. The summed E-state index contributed by atoms with van der Waals surface area (Å²) in [7, 11) is 3.29. The lowest BCUT2D eigenvalue weighted by atomic mass is 10.0. The van der Waals surface area contributed by atoms with Gasteiger partial charge in [0.05, 0.1) is 20.8 Å². The summed E-state index contributed by atoms with van der Waals surface area (Å²) in [4.78, 5) is 4.74. The summed E-state index contributed by atoms with van der Waals surface area (Å²) < 4.78 is 10.7. The molecule has 1 aliphatic carbocycles. The summed E-state index contributed by atoms with van der Waals surface area (Å²) in [6, 6.07) is 15.0. The number of benzene rings is 2. The van der Waals surface area contributed by atoms with Crippen molar-refractivity contribution in [1.82, 2.24) is 10.6 Å². The van der Waals surface area contributed by atoms with Gasteiger partial charge in [0.25, 0.3) is 0 Å². The second-order valence-corrected chi connectivity index (χ2v) is 6.83. The van der Waals surface area contributed by atoms with E-state index in [0.29, 0.717) is 18.5 Å². The molecule has 0 amide bonds. The molecule has 1 fully saturated rings. The molecule has 0 saturated heterocycles. The molecule has 0 spiro atoms. The fourth-order valence-electron chi connectivity index (χ4n) is 3.35. The van der Waals surface area contributed by atoms with Gasteiger partial charge < -0.3 is 20.1 Å². The first-order valence-corrected chi connectivity index (χ1v) is 9.47. The van der Waals surface area contributed by atoms with Gasteiger partial charge in [0.15, 0.2) is 17.5 Å². The molecule has 0 radical (unpaired) electrons. The van der Waals surface area contributed by atoms with Gasteiger partial charge in [-0.05, 0) is 49.1 Å². The van der Waals surface area contributed by atoms with Crippen LogP contribution < -0.4 is 20.1 Å². The first kappa shape index (κ1) is 19.1. The fraction of sp³-hybridized carbons (Fsp3) is 0.409. The number of aliphatic imine (C=N–C) groups is 1. The third kappa shape index (κ3) is 4.73. The molecule has 3 rings (SSSR count). The second-order valence-electron chi connectivity index (χ2n) is 6.83. The Morgan fingerprint density at radius 3 is 2.59 bits per heavy atom. The third-order valence-corrected chi connectivity index (χ3v) is 4.91. The Bertz CT molecular complexity index is 804. The maximum Gasteiger partial charge on any atom is 0.191 e. The van der Waals surface area contributed by atoms with Crippen molar-refractivity contribution in [2.24, 2.45) is 4.99 Å². The van der Waals surface area contributed by atoms with Crippen molar-refractivity contribution >= 4 is 5.96 Å². The highest BCUT2D eigenvalue weighted by atomic mass is 16.5. The van der Waals surface area contributed by atoms with Gasteiger partial charge in [0.1, 0.15) is 0 Å². The molecule has 1 saturated carbocycles. The van der Waals surface area contributed by atoms with Gasteiger partial charge in [-0.3, -0.25) is 0 Å². The van der Waals surface area contributed by atoms with Crippen molar-refractivity contribution in [3.05, 3.63) is 59.2 Å². The Kier molecular flexibility index (Phi) is 6.22. The van der Waals surface area contributed by atoms with E-state index < -0.39 is 0 Å². The highest BCUT2D eigenvalue weighted by Crippen LogP contribution is 2.42. The van der Waals surface area contributed by atoms with E-state index in [0.717, 1.165) is 36.0 Å². The highest BCUT2D eigenvalue weighted by molar-refractivity contribution is 5.80. The zero-order valence-electron chi connectivity index (χ0n) is 16.6. The molecular formula is C22H29N3O2. The van der Waals surface area contributed by atoms with Gasteiger partial charge in [0.2, 0.25) is 0 Å². The molecule has 2 N–H and O–H groups in total. The Labute approximate surface area is 161 Å². The van der Waals surface area contributed by atoms with Crippen molar-refractivity contribution in [2.45, 2.75) is 38.8 Å². The molecule has 2 aromatic rings. The predicted octanol–water partition coefficient (Wildman–Crippen LogP) is 3.62. The van der Waals surface area contributed by atoms with Crippen LogP contribution in [0.4, 0.5) is 0 Å². The van der Waals surface area contributed by atoms with E-state index in [1.807, 2.05) is 18.2 Å². The van der Waals surface area contributed by atoms with Crippen LogP contribution in [0.15, 0.2) is 47.5 Å². The first-order valence-electron chi connectivity index (χ1n) is 9.47. The van der Waals surface area contributed by atoms with Gasteiger partial charge in [-0.15, -0.1) is 0 Å². The minimum absolute atomic E-state index is 0.439. The summed E-state index contributed by atoms with van der Waals surface area (Å²) in [6.45, 7) is 5.68. The van der Waals surface area contributed by atoms with Crippen LogP contribution in [0.3, 0.4) is 0 Å². The quantitative estimate of drug-likeness (QED) is 0.580. The Morgan fingerprint density at radius 1 is 1.11 bits per heavy atom. The first-order chi connectivity index (χ1) is 13.2. The smallest absolute Gasteiger partial charge is 0.191 e. The zero-order valence-corrected chi connectivity index (χ0v) is 16.6. The van der Waals surface area contributed by atoms with E-state index in [1.54, 1.807) is 14.2 Å². The maximum absolute atomic E-state index is 5.38. The maximum atomic E-state index is 5.38. The number of hydrogen-bond acceptors (Lipinski definition) is 3. The van der Waals surface area contributed by atoms with Crippen LogP contribution in [0, 0.1) is 6.92 Å². The molecule has 2 atom stereocenters. The van der Waals surface area contributed by atoms with Crippen LogP contribution in [0.5, 0.6) is 11.5 Å². The Hall–Kier alpha value is -2.69. The van der Waals surface area contributed by atoms with E-state index in [1.165, 1.54) is 11.1 Å². The summed E-state index contributed by atoms with van der Waals surface area (Å²) in [6.07, 6.45) is 1.14. The molecular weight excluding hydrogens is 338 g/mol. The van der Waals surface area contributed by atoms with Crippen LogP contribution >= 0.6 is 0 Å². The van der Waals surface area contributed by atoms with E-state index in [-0.39, 0.29) is 0 Å². The SMILES string of the molecule is CCNC(=NCc1ccc(OC)c(OC)c1)NC1CC1c1ccccc1C. The summed E-state index contributed by atoms with van der Waals surface area (Å²) >= 11 is 0. The van der Waals surface area contributed by atoms with Crippen LogP contribution in [0.25, 0.3) is 0 Å². The number of aryl methyl sites for hydroxylation is 1. The van der Waals surface area contributed by atoms with Crippen molar-refractivity contribution < 1.29 is 9.47 Å². The molecule has 2 unspecified atom stereocenters. The number of guanidine groups is 1. The second kappa shape index (κ2) is 8.80. The lowest BCUT2D eigenvalue weighted by Gasteiger charge is -2.13. The van der Waals surface area contributed by atoms with Crippen molar-refractivity contribution in [2.75, 3.05) is 20.8 Å². The molecule has 0 heterocycles. The Morgan fingerprint density at radius 2 is 1.89 bits per heavy atom. The summed E-state index contributed by atoms with van der Waals surface area (Å²) in [5.74, 6) is 2.88. The van der Waals surface area contributed by atoms with E-state index in [9.17, 15) is 0 Å². The van der Waals surface area contributed by atoms with Gasteiger partial charge in [-0.2, -0.15) is 0 Å². The lowest BCUT2D eigenvalue weighted by Crippen LogP contribution is -2.39. The van der Waals surface area contributed by atoms with Crippen molar-refractivity contribution in [3.63, 3.8) is 0 Å². The molecule has 0 aromatic heterocycles. The average Bonchev–Trinajstić information content (AvgIpc) is 3.45. The minimum Gasteiger partial charge on any atom is -0.493 e.